The normalized spacial score (nSPS) is 13.0. The second-order valence-electron chi connectivity index (χ2n) is 2.39. The van der Waals surface area contributed by atoms with Crippen molar-refractivity contribution in [2.45, 2.75) is 18.6 Å². The zero-order chi connectivity index (χ0) is 10.5. The quantitative estimate of drug-likeness (QED) is 0.597. The van der Waals surface area contributed by atoms with Crippen LogP contribution < -0.4 is 0 Å². The van der Waals surface area contributed by atoms with E-state index in [9.17, 15) is 13.2 Å². The van der Waals surface area contributed by atoms with Gasteiger partial charge in [-0.05, 0) is 6.42 Å². The molecule has 0 aromatic carbocycles. The average molecular weight is 205 g/mol. The maximum atomic E-state index is 11.2. The Balaban J connectivity index is 4.80. The largest absolute Gasteiger partial charge is 0.468 e. The van der Waals surface area contributed by atoms with Crippen LogP contribution in [-0.4, -0.2) is 32.5 Å². The number of carbonyl (C=O) groups is 1. The van der Waals surface area contributed by atoms with Gasteiger partial charge in [-0.25, -0.2) is 8.42 Å². The number of hydrogen-bond donors (Lipinski definition) is 0. The fourth-order valence-electron chi connectivity index (χ4n) is 0.889. The molecule has 74 valence electrons. The summed E-state index contributed by atoms with van der Waals surface area (Å²) in [5.41, 5.74) is 0. The molecule has 5 nitrogen and oxygen atoms in total. The minimum atomic E-state index is -3.67. The van der Waals surface area contributed by atoms with Crippen molar-refractivity contribution in [3.05, 3.63) is 0 Å². The Kier molecular flexibility index (Phi) is 4.42. The highest BCUT2D eigenvalue weighted by atomic mass is 32.2. The standard InChI is InChI=1S/C7H11NO4S/c1-3-6(7(9)12-2)13(10,11)5-4-8/h6H,3,5H2,1-2H3. The Hall–Kier alpha value is -1.09. The van der Waals surface area contributed by atoms with Crippen molar-refractivity contribution in [3.63, 3.8) is 0 Å². The molecule has 0 aliphatic carbocycles. The van der Waals surface area contributed by atoms with Crippen LogP contribution in [0, 0.1) is 11.3 Å². The van der Waals surface area contributed by atoms with E-state index in [1.807, 2.05) is 0 Å². The molecule has 0 aromatic rings. The van der Waals surface area contributed by atoms with Crippen molar-refractivity contribution in [3.8, 4) is 6.07 Å². The summed E-state index contributed by atoms with van der Waals surface area (Å²) in [6.07, 6.45) is 0.122. The molecule has 0 rings (SSSR count). The predicted octanol–water partition coefficient (Wildman–Crippen LogP) is -0.124. The molecule has 0 amide bonds. The van der Waals surface area contributed by atoms with Gasteiger partial charge in [-0.15, -0.1) is 0 Å². The van der Waals surface area contributed by atoms with Gasteiger partial charge in [-0.2, -0.15) is 5.26 Å². The third kappa shape index (κ3) is 3.03. The summed E-state index contributed by atoms with van der Waals surface area (Å²) in [6.45, 7) is 1.55. The first kappa shape index (κ1) is 11.9. The van der Waals surface area contributed by atoms with Crippen molar-refractivity contribution < 1.29 is 17.9 Å². The molecular weight excluding hydrogens is 194 g/mol. The lowest BCUT2D eigenvalue weighted by Gasteiger charge is -2.10. The Bertz CT molecular complexity index is 314. The molecule has 0 N–H and O–H groups in total. The van der Waals surface area contributed by atoms with Crippen LogP contribution in [0.1, 0.15) is 13.3 Å². The zero-order valence-corrected chi connectivity index (χ0v) is 8.30. The van der Waals surface area contributed by atoms with E-state index < -0.39 is 26.8 Å². The molecule has 0 saturated carbocycles. The van der Waals surface area contributed by atoms with Crippen LogP contribution in [0.3, 0.4) is 0 Å². The van der Waals surface area contributed by atoms with E-state index >= 15 is 0 Å². The van der Waals surface area contributed by atoms with Crippen LogP contribution in [-0.2, 0) is 19.4 Å². The molecule has 0 fully saturated rings. The molecule has 0 spiro atoms. The van der Waals surface area contributed by atoms with Crippen LogP contribution in [0.2, 0.25) is 0 Å². The van der Waals surface area contributed by atoms with E-state index in [-0.39, 0.29) is 6.42 Å². The second-order valence-corrected chi connectivity index (χ2v) is 4.57. The Morgan fingerprint density at radius 2 is 2.15 bits per heavy atom. The van der Waals surface area contributed by atoms with Gasteiger partial charge in [0.2, 0.25) is 0 Å². The first-order valence-corrected chi connectivity index (χ1v) is 5.37. The number of rotatable bonds is 4. The number of esters is 1. The van der Waals surface area contributed by atoms with Gasteiger partial charge in [0.1, 0.15) is 5.75 Å². The maximum absolute atomic E-state index is 11.2. The van der Waals surface area contributed by atoms with Crippen LogP contribution in [0.5, 0.6) is 0 Å². The predicted molar refractivity (Wildman–Crippen MR) is 45.5 cm³/mol. The summed E-state index contributed by atoms with van der Waals surface area (Å²) in [7, 11) is -2.55. The number of nitrogens with zero attached hydrogens (tertiary/aromatic N) is 1. The van der Waals surface area contributed by atoms with Crippen molar-refractivity contribution in [1.82, 2.24) is 0 Å². The van der Waals surface area contributed by atoms with Crippen molar-refractivity contribution in [2.24, 2.45) is 0 Å². The minimum absolute atomic E-state index is 0.122. The fourth-order valence-corrected chi connectivity index (χ4v) is 2.17. The number of nitriles is 1. The maximum Gasteiger partial charge on any atom is 0.324 e. The van der Waals surface area contributed by atoms with Crippen LogP contribution in [0.4, 0.5) is 0 Å². The van der Waals surface area contributed by atoms with E-state index in [1.165, 1.54) is 6.07 Å². The summed E-state index contributed by atoms with van der Waals surface area (Å²) in [5, 5.41) is 7.01. The molecule has 1 unspecified atom stereocenters. The first-order chi connectivity index (χ1) is 5.99. The topological polar surface area (TPSA) is 84.2 Å². The van der Waals surface area contributed by atoms with Crippen molar-refractivity contribution in [2.75, 3.05) is 12.9 Å². The summed E-state index contributed by atoms with van der Waals surface area (Å²) in [6, 6.07) is 1.51. The third-order valence-corrected chi connectivity index (χ3v) is 3.46. The molecule has 0 aromatic heterocycles. The SMILES string of the molecule is CCC(C(=O)OC)S(=O)(=O)CC#N. The minimum Gasteiger partial charge on any atom is -0.468 e. The van der Waals surface area contributed by atoms with Gasteiger partial charge in [0.25, 0.3) is 0 Å². The summed E-state index contributed by atoms with van der Waals surface area (Å²) >= 11 is 0. The number of sulfone groups is 1. The molecule has 0 aliphatic heterocycles. The third-order valence-electron chi connectivity index (χ3n) is 1.53. The Morgan fingerprint density at radius 3 is 2.46 bits per heavy atom. The lowest BCUT2D eigenvalue weighted by Crippen LogP contribution is -2.32. The molecule has 1 atom stereocenters. The number of methoxy groups -OCH3 is 1. The van der Waals surface area contributed by atoms with Crippen LogP contribution >= 0.6 is 0 Å². The van der Waals surface area contributed by atoms with E-state index in [1.54, 1.807) is 6.92 Å². The van der Waals surface area contributed by atoms with Gasteiger partial charge in [-0.3, -0.25) is 4.79 Å². The van der Waals surface area contributed by atoms with E-state index in [0.717, 1.165) is 7.11 Å². The smallest absolute Gasteiger partial charge is 0.324 e. The van der Waals surface area contributed by atoms with Gasteiger partial charge in [0.15, 0.2) is 15.1 Å². The molecule has 0 aliphatic rings. The van der Waals surface area contributed by atoms with Gasteiger partial charge < -0.3 is 4.74 Å². The summed E-state index contributed by atoms with van der Waals surface area (Å²) in [5.74, 6) is -1.46. The summed E-state index contributed by atoms with van der Waals surface area (Å²) in [4.78, 5) is 11.0. The monoisotopic (exact) mass is 205 g/mol. The Labute approximate surface area is 77.2 Å². The molecule has 0 heterocycles. The first-order valence-electron chi connectivity index (χ1n) is 3.66. The molecular formula is C7H11NO4S. The van der Waals surface area contributed by atoms with E-state index in [4.69, 9.17) is 5.26 Å². The zero-order valence-electron chi connectivity index (χ0n) is 7.48. The molecule has 13 heavy (non-hydrogen) atoms. The second kappa shape index (κ2) is 4.82. The lowest BCUT2D eigenvalue weighted by atomic mass is 10.3. The van der Waals surface area contributed by atoms with E-state index in [0.29, 0.717) is 0 Å². The van der Waals surface area contributed by atoms with E-state index in [2.05, 4.69) is 4.74 Å². The molecule has 6 heteroatoms. The highest BCUT2D eigenvalue weighted by Gasteiger charge is 2.31. The van der Waals surface area contributed by atoms with Gasteiger partial charge >= 0.3 is 5.97 Å². The van der Waals surface area contributed by atoms with Crippen LogP contribution in [0.25, 0.3) is 0 Å². The number of carbonyl (C=O) groups excluding carboxylic acids is 1. The Morgan fingerprint density at radius 1 is 1.62 bits per heavy atom. The summed E-state index contributed by atoms with van der Waals surface area (Å²) < 4.78 is 26.8. The van der Waals surface area contributed by atoms with Crippen molar-refractivity contribution >= 4 is 15.8 Å². The fraction of sp³-hybridized carbons (Fsp3) is 0.714. The average Bonchev–Trinajstić information content (AvgIpc) is 2.04. The highest BCUT2D eigenvalue weighted by molar-refractivity contribution is 7.92. The number of hydrogen-bond acceptors (Lipinski definition) is 5. The van der Waals surface area contributed by atoms with Gasteiger partial charge in [-0.1, -0.05) is 6.92 Å². The molecule has 0 radical (unpaired) electrons. The molecule has 0 bridgehead atoms. The van der Waals surface area contributed by atoms with Gasteiger partial charge in [0.05, 0.1) is 13.2 Å². The lowest BCUT2D eigenvalue weighted by molar-refractivity contribution is -0.140. The highest BCUT2D eigenvalue weighted by Crippen LogP contribution is 2.08. The van der Waals surface area contributed by atoms with Gasteiger partial charge in [0, 0.05) is 0 Å². The van der Waals surface area contributed by atoms with Crippen LogP contribution in [0.15, 0.2) is 0 Å². The van der Waals surface area contributed by atoms with Crippen molar-refractivity contribution in [1.29, 1.82) is 5.26 Å². The number of ether oxygens (including phenoxy) is 1. The molecule has 0 saturated heterocycles.